The molecule has 1 atom stereocenters. The van der Waals surface area contributed by atoms with Crippen LogP contribution >= 0.6 is 11.8 Å². The summed E-state index contributed by atoms with van der Waals surface area (Å²) < 4.78 is 7.44. The maximum absolute atomic E-state index is 12.9. The molecule has 0 unspecified atom stereocenters. The average molecular weight is 388 g/mol. The number of rotatable bonds is 4. The molecule has 27 heavy (non-hydrogen) atoms. The first-order valence-corrected chi connectivity index (χ1v) is 10.7. The predicted octanol–water partition coefficient (Wildman–Crippen LogP) is 3.86. The molecule has 2 N–H and O–H groups in total. The number of amides is 1. The molecule has 1 aromatic carbocycles. The van der Waals surface area contributed by atoms with Crippen LogP contribution in [0, 0.1) is 0 Å². The number of fused-ring (bicyclic) bond motifs is 1. The highest BCUT2D eigenvalue weighted by Gasteiger charge is 2.32. The number of H-pyrrole nitrogens is 1. The Hall–Kier alpha value is -2.15. The van der Waals surface area contributed by atoms with E-state index in [4.69, 9.17) is 4.74 Å². The van der Waals surface area contributed by atoms with Crippen molar-refractivity contribution in [2.45, 2.75) is 50.3 Å². The summed E-state index contributed by atoms with van der Waals surface area (Å²) in [5.74, 6) is 1.73. The van der Waals surface area contributed by atoms with Crippen LogP contribution in [0.3, 0.4) is 0 Å². The Morgan fingerprint density at radius 1 is 1.15 bits per heavy atom. The van der Waals surface area contributed by atoms with Crippen LogP contribution in [0.25, 0.3) is 0 Å². The third kappa shape index (κ3) is 3.65. The number of benzene rings is 1. The normalized spacial score (nSPS) is 20.6. The second kappa shape index (κ2) is 7.84. The maximum atomic E-state index is 12.9. The van der Waals surface area contributed by atoms with Gasteiger partial charge in [-0.1, -0.05) is 31.4 Å². The van der Waals surface area contributed by atoms with Crippen LogP contribution in [0.4, 0.5) is 5.82 Å². The second-order valence-corrected chi connectivity index (χ2v) is 8.20. The van der Waals surface area contributed by atoms with Gasteiger partial charge < -0.3 is 10.1 Å². The van der Waals surface area contributed by atoms with Crippen molar-refractivity contribution < 1.29 is 9.53 Å². The van der Waals surface area contributed by atoms with E-state index in [1.54, 1.807) is 0 Å². The maximum Gasteiger partial charge on any atom is 0.270 e. The summed E-state index contributed by atoms with van der Waals surface area (Å²) in [6, 6.07) is 8.07. The van der Waals surface area contributed by atoms with E-state index in [9.17, 15) is 9.59 Å². The Kier molecular flexibility index (Phi) is 5.29. The second-order valence-electron chi connectivity index (χ2n) is 7.11. The van der Waals surface area contributed by atoms with Gasteiger partial charge in [0, 0.05) is 0 Å². The smallest absolute Gasteiger partial charge is 0.270 e. The van der Waals surface area contributed by atoms with Gasteiger partial charge in [-0.2, -0.15) is 0 Å². The summed E-state index contributed by atoms with van der Waals surface area (Å²) in [6.45, 7) is 2.57. The summed E-state index contributed by atoms with van der Waals surface area (Å²) in [7, 11) is 0. The molecule has 1 aliphatic carbocycles. The summed E-state index contributed by atoms with van der Waals surface area (Å²) >= 11 is 1.50. The first-order chi connectivity index (χ1) is 13.2. The minimum Gasteiger partial charge on any atom is -0.494 e. The molecular weight excluding hydrogens is 362 g/mol. The highest BCUT2D eigenvalue weighted by atomic mass is 32.2. The number of nitrogens with one attached hydrogen (secondary N) is 2. The van der Waals surface area contributed by atoms with Crippen LogP contribution in [0.1, 0.15) is 61.4 Å². The molecule has 1 aromatic heterocycles. The van der Waals surface area contributed by atoms with Crippen molar-refractivity contribution in [3.05, 3.63) is 45.7 Å². The van der Waals surface area contributed by atoms with E-state index < -0.39 is 0 Å². The lowest BCUT2D eigenvalue weighted by Crippen LogP contribution is -2.21. The van der Waals surface area contributed by atoms with E-state index in [2.05, 4.69) is 10.4 Å². The Bertz CT molecular complexity index is 866. The molecule has 6 nitrogen and oxygen atoms in total. The molecule has 2 heterocycles. The van der Waals surface area contributed by atoms with Gasteiger partial charge in [-0.05, 0) is 37.5 Å². The first-order valence-electron chi connectivity index (χ1n) is 9.66. The Balaban J connectivity index is 1.74. The van der Waals surface area contributed by atoms with E-state index in [1.807, 2.05) is 35.9 Å². The lowest BCUT2D eigenvalue weighted by Gasteiger charge is -2.24. The zero-order chi connectivity index (χ0) is 18.8. The fraction of sp³-hybridized carbons (Fsp3) is 0.500. The van der Waals surface area contributed by atoms with E-state index in [0.29, 0.717) is 23.7 Å². The Morgan fingerprint density at radius 3 is 2.59 bits per heavy atom. The molecule has 144 valence electrons. The number of nitrogens with zero attached hydrogens (tertiary/aromatic N) is 1. The fourth-order valence-corrected chi connectivity index (χ4v) is 5.15. The minimum absolute atomic E-state index is 0.0572. The van der Waals surface area contributed by atoms with Crippen molar-refractivity contribution >= 4 is 23.5 Å². The summed E-state index contributed by atoms with van der Waals surface area (Å²) in [5.41, 5.74) is 1.55. The molecule has 0 radical (unpaired) electrons. The van der Waals surface area contributed by atoms with Crippen LogP contribution in [0.5, 0.6) is 5.75 Å². The third-order valence-electron chi connectivity index (χ3n) is 5.30. The van der Waals surface area contributed by atoms with E-state index >= 15 is 0 Å². The summed E-state index contributed by atoms with van der Waals surface area (Å²) in [5, 5.41) is 5.82. The van der Waals surface area contributed by atoms with Gasteiger partial charge in [-0.3, -0.25) is 19.4 Å². The number of hydrogen-bond acceptors (Lipinski definition) is 4. The van der Waals surface area contributed by atoms with Crippen molar-refractivity contribution in [3.63, 3.8) is 0 Å². The summed E-state index contributed by atoms with van der Waals surface area (Å²) in [4.78, 5) is 25.2. The Labute approximate surface area is 162 Å². The quantitative estimate of drug-likeness (QED) is 0.835. The van der Waals surface area contributed by atoms with Gasteiger partial charge in [0.25, 0.3) is 5.56 Å². The topological polar surface area (TPSA) is 76.1 Å². The summed E-state index contributed by atoms with van der Waals surface area (Å²) in [6.07, 6.45) is 5.62. The minimum atomic E-state index is -0.178. The molecule has 1 fully saturated rings. The average Bonchev–Trinajstić information content (AvgIpc) is 2.89. The third-order valence-corrected chi connectivity index (χ3v) is 6.57. The van der Waals surface area contributed by atoms with Gasteiger partial charge >= 0.3 is 0 Å². The molecule has 0 saturated heterocycles. The van der Waals surface area contributed by atoms with Crippen LogP contribution in [0.15, 0.2) is 29.1 Å². The molecule has 1 amide bonds. The van der Waals surface area contributed by atoms with Crippen molar-refractivity contribution in [2.24, 2.45) is 0 Å². The number of hydrogen-bond donors (Lipinski definition) is 2. The van der Waals surface area contributed by atoms with Gasteiger partial charge in [0.1, 0.15) is 11.6 Å². The van der Waals surface area contributed by atoms with E-state index in [-0.39, 0.29) is 22.8 Å². The number of aromatic amines is 1. The monoisotopic (exact) mass is 387 g/mol. The largest absolute Gasteiger partial charge is 0.494 e. The zero-order valence-corrected chi connectivity index (χ0v) is 16.3. The lowest BCUT2D eigenvalue weighted by atomic mass is 9.95. The van der Waals surface area contributed by atoms with Gasteiger partial charge in [-0.15, -0.1) is 11.8 Å². The number of carbonyl (C=O) groups excluding carboxylic acids is 1. The van der Waals surface area contributed by atoms with Crippen LogP contribution in [-0.2, 0) is 4.79 Å². The van der Waals surface area contributed by atoms with Gasteiger partial charge in [0.05, 0.1) is 29.2 Å². The molecule has 1 aliphatic heterocycles. The molecule has 2 aliphatic rings. The number of aromatic nitrogens is 2. The number of thioether (sulfide) groups is 1. The van der Waals surface area contributed by atoms with Gasteiger partial charge in [0.2, 0.25) is 5.91 Å². The molecule has 0 spiro atoms. The van der Waals surface area contributed by atoms with Gasteiger partial charge in [-0.25, -0.2) is 0 Å². The van der Waals surface area contributed by atoms with Crippen molar-refractivity contribution in [1.29, 1.82) is 0 Å². The van der Waals surface area contributed by atoms with Crippen LogP contribution in [-0.4, -0.2) is 28.0 Å². The van der Waals surface area contributed by atoms with Crippen molar-refractivity contribution in [3.8, 4) is 5.75 Å². The zero-order valence-electron chi connectivity index (χ0n) is 15.5. The van der Waals surface area contributed by atoms with Gasteiger partial charge in [0.15, 0.2) is 0 Å². The standard InChI is InChI=1S/C20H25N3O3S/c1-2-26-15-10-8-13(9-11-15)18-17-19(21-16(24)12-27-18)23(22-20(17)25)14-6-4-3-5-7-14/h8-11,14,18H,2-7,12H2,1H3,(H,21,24)(H,22,25)/t18-/m0/s1. The van der Waals surface area contributed by atoms with E-state index in [0.717, 1.165) is 37.0 Å². The molecule has 4 rings (SSSR count). The number of carbonyl (C=O) groups is 1. The SMILES string of the molecule is CCOc1ccc([C@@H]2SCC(=O)Nc3c2c(=O)[nH]n3C2CCCCC2)cc1. The number of ether oxygens (including phenoxy) is 1. The number of anilines is 1. The Morgan fingerprint density at radius 2 is 1.89 bits per heavy atom. The highest BCUT2D eigenvalue weighted by molar-refractivity contribution is 8.00. The highest BCUT2D eigenvalue weighted by Crippen LogP contribution is 2.41. The van der Waals surface area contributed by atoms with Crippen molar-refractivity contribution in [1.82, 2.24) is 9.78 Å². The molecule has 2 aromatic rings. The first kappa shape index (κ1) is 18.2. The lowest BCUT2D eigenvalue weighted by molar-refractivity contribution is -0.113. The fourth-order valence-electron chi connectivity index (χ4n) is 4.03. The molecule has 7 heteroatoms. The van der Waals surface area contributed by atoms with E-state index in [1.165, 1.54) is 18.2 Å². The van der Waals surface area contributed by atoms with Crippen LogP contribution in [0.2, 0.25) is 0 Å². The molecular formula is C20H25N3O3S. The van der Waals surface area contributed by atoms with Crippen LogP contribution < -0.4 is 15.6 Å². The van der Waals surface area contributed by atoms with Crippen molar-refractivity contribution in [2.75, 3.05) is 17.7 Å². The predicted molar refractivity (Wildman–Crippen MR) is 108 cm³/mol. The molecule has 0 bridgehead atoms. The molecule has 1 saturated carbocycles.